The maximum Gasteiger partial charge on any atom is 0.238 e. The van der Waals surface area contributed by atoms with Crippen molar-refractivity contribution < 1.29 is 17.5 Å². The summed E-state index contributed by atoms with van der Waals surface area (Å²) in [4.78, 5) is 7.88. The third-order valence-corrected chi connectivity index (χ3v) is 4.89. The maximum absolute atomic E-state index is 14.1. The Labute approximate surface area is 176 Å². The van der Waals surface area contributed by atoms with Gasteiger partial charge in [-0.3, -0.25) is 0 Å². The number of halogens is 2. The number of nitrogens with one attached hydrogen (secondary N) is 2. The first-order chi connectivity index (χ1) is 14.3. The number of nitrogens with zero attached hydrogens (tertiary/aromatic N) is 3. The number of sulfonamides is 1. The summed E-state index contributed by atoms with van der Waals surface area (Å²) in [6.07, 6.45) is 0.975. The minimum absolute atomic E-state index is 0.0468. The molecule has 30 heavy (non-hydrogen) atoms. The van der Waals surface area contributed by atoms with Crippen LogP contribution in [-0.4, -0.2) is 25.0 Å². The molecule has 3 aromatic rings. The summed E-state index contributed by atoms with van der Waals surface area (Å²) < 4.78 is 41.9. The molecule has 0 bridgehead atoms. The highest BCUT2D eigenvalue weighted by Crippen LogP contribution is 2.29. The smallest absolute Gasteiger partial charge is 0.238 e. The van der Waals surface area contributed by atoms with Crippen molar-refractivity contribution in [2.75, 3.05) is 17.2 Å². The van der Waals surface area contributed by atoms with Crippen LogP contribution in [0.1, 0.15) is 0 Å². The molecule has 3 rings (SSSR count). The van der Waals surface area contributed by atoms with E-state index in [-0.39, 0.29) is 28.3 Å². The average Bonchev–Trinajstić information content (AvgIpc) is 2.70. The standard InChI is InChI=1S/C18H14ClFN6O3S/c19-14-9-12(3-6-16(14)29-8-7-21)24-17-15(20)10-23-18(26-17)25-11-1-4-13(5-2-11)30(22,27)28/h1-6,9-10H,8H2,(H2,22,27,28)(H2,23,24,25,26). The van der Waals surface area contributed by atoms with Crippen molar-refractivity contribution in [3.8, 4) is 11.8 Å². The number of benzene rings is 2. The second kappa shape index (κ2) is 8.91. The molecule has 0 aliphatic heterocycles. The van der Waals surface area contributed by atoms with Crippen LogP contribution in [0.5, 0.6) is 5.75 Å². The van der Waals surface area contributed by atoms with Gasteiger partial charge in [0, 0.05) is 11.4 Å². The zero-order chi connectivity index (χ0) is 21.7. The number of primary sulfonamides is 1. The molecular formula is C18H14ClFN6O3S. The number of nitrogens with two attached hydrogens (primary N) is 1. The van der Waals surface area contributed by atoms with Crippen LogP contribution in [-0.2, 0) is 10.0 Å². The van der Waals surface area contributed by atoms with Gasteiger partial charge < -0.3 is 15.4 Å². The van der Waals surface area contributed by atoms with E-state index in [2.05, 4.69) is 20.6 Å². The van der Waals surface area contributed by atoms with Crippen LogP contribution < -0.4 is 20.5 Å². The van der Waals surface area contributed by atoms with Crippen molar-refractivity contribution in [1.82, 2.24) is 9.97 Å². The lowest BCUT2D eigenvalue weighted by molar-refractivity contribution is 0.368. The molecule has 0 unspecified atom stereocenters. The van der Waals surface area contributed by atoms with E-state index in [0.717, 1.165) is 6.20 Å². The fraction of sp³-hybridized carbons (Fsp3) is 0.0556. The molecular weight excluding hydrogens is 435 g/mol. The lowest BCUT2D eigenvalue weighted by atomic mass is 10.3. The lowest BCUT2D eigenvalue weighted by Crippen LogP contribution is -2.11. The number of aromatic nitrogens is 2. The molecule has 12 heteroatoms. The summed E-state index contributed by atoms with van der Waals surface area (Å²) in [6, 6.07) is 12.0. The Bertz CT molecular complexity index is 1220. The first kappa shape index (κ1) is 21.3. The van der Waals surface area contributed by atoms with Crippen LogP contribution in [0.3, 0.4) is 0 Å². The zero-order valence-corrected chi connectivity index (χ0v) is 16.7. The second-order valence-electron chi connectivity index (χ2n) is 5.80. The number of rotatable bonds is 7. The van der Waals surface area contributed by atoms with Gasteiger partial charge in [0.1, 0.15) is 11.8 Å². The summed E-state index contributed by atoms with van der Waals surface area (Å²) in [7, 11) is -3.81. The Morgan fingerprint density at radius 1 is 1.17 bits per heavy atom. The predicted molar refractivity (Wildman–Crippen MR) is 109 cm³/mol. The minimum Gasteiger partial charge on any atom is -0.477 e. The van der Waals surface area contributed by atoms with Crippen LogP contribution in [0.4, 0.5) is 27.5 Å². The van der Waals surface area contributed by atoms with Crippen LogP contribution in [0.25, 0.3) is 0 Å². The van der Waals surface area contributed by atoms with Crippen molar-refractivity contribution in [3.05, 3.63) is 59.5 Å². The van der Waals surface area contributed by atoms with E-state index in [1.807, 2.05) is 6.07 Å². The van der Waals surface area contributed by atoms with E-state index in [1.54, 1.807) is 6.07 Å². The highest BCUT2D eigenvalue weighted by Gasteiger charge is 2.11. The Balaban J connectivity index is 1.77. The summed E-state index contributed by atoms with van der Waals surface area (Å²) in [5.41, 5.74) is 0.910. The fourth-order valence-corrected chi connectivity index (χ4v) is 3.06. The Hall–Kier alpha value is -3.46. The third kappa shape index (κ3) is 5.32. The summed E-state index contributed by atoms with van der Waals surface area (Å²) in [6.45, 7) is -0.153. The van der Waals surface area contributed by atoms with Gasteiger partial charge in [0.15, 0.2) is 18.2 Å². The van der Waals surface area contributed by atoms with Gasteiger partial charge in [0.05, 0.1) is 16.1 Å². The molecule has 1 heterocycles. The van der Waals surface area contributed by atoms with Gasteiger partial charge in [-0.05, 0) is 42.5 Å². The average molecular weight is 449 g/mol. The molecule has 1 aromatic heterocycles. The van der Waals surface area contributed by atoms with Gasteiger partial charge >= 0.3 is 0 Å². The van der Waals surface area contributed by atoms with Gasteiger partial charge in [-0.1, -0.05) is 11.6 Å². The Morgan fingerprint density at radius 2 is 1.87 bits per heavy atom. The molecule has 0 amide bonds. The first-order valence-corrected chi connectivity index (χ1v) is 10.2. The van der Waals surface area contributed by atoms with E-state index in [4.69, 9.17) is 26.7 Å². The van der Waals surface area contributed by atoms with Crippen molar-refractivity contribution in [3.63, 3.8) is 0 Å². The molecule has 0 spiro atoms. The SMILES string of the molecule is N#CCOc1ccc(Nc2nc(Nc3ccc(S(N)(=O)=O)cc3)ncc2F)cc1Cl. The Kier molecular flexibility index (Phi) is 6.31. The summed E-state index contributed by atoms with van der Waals surface area (Å²) in [5, 5.41) is 19.5. The molecule has 0 aliphatic rings. The summed E-state index contributed by atoms with van der Waals surface area (Å²) >= 11 is 6.09. The van der Waals surface area contributed by atoms with Crippen molar-refractivity contribution in [1.29, 1.82) is 5.26 Å². The minimum atomic E-state index is -3.81. The number of anilines is 4. The zero-order valence-electron chi connectivity index (χ0n) is 15.1. The van der Waals surface area contributed by atoms with E-state index < -0.39 is 15.8 Å². The van der Waals surface area contributed by atoms with E-state index in [9.17, 15) is 12.8 Å². The molecule has 154 valence electrons. The molecule has 0 fully saturated rings. The van der Waals surface area contributed by atoms with E-state index in [0.29, 0.717) is 17.1 Å². The third-order valence-electron chi connectivity index (χ3n) is 3.67. The van der Waals surface area contributed by atoms with Gasteiger partial charge in [-0.25, -0.2) is 22.9 Å². The highest BCUT2D eigenvalue weighted by molar-refractivity contribution is 7.89. The number of ether oxygens (including phenoxy) is 1. The molecule has 0 saturated heterocycles. The normalized spacial score (nSPS) is 10.9. The van der Waals surface area contributed by atoms with Gasteiger partial charge in [0.25, 0.3) is 0 Å². The maximum atomic E-state index is 14.1. The summed E-state index contributed by atoms with van der Waals surface area (Å²) in [5.74, 6) is -0.430. The van der Waals surface area contributed by atoms with Crippen LogP contribution >= 0.6 is 11.6 Å². The first-order valence-electron chi connectivity index (χ1n) is 8.25. The molecule has 2 aromatic carbocycles. The second-order valence-corrected chi connectivity index (χ2v) is 7.77. The molecule has 0 atom stereocenters. The number of hydrogen-bond acceptors (Lipinski definition) is 8. The monoisotopic (exact) mass is 448 g/mol. The predicted octanol–water partition coefficient (Wildman–Crippen LogP) is 3.31. The van der Waals surface area contributed by atoms with Crippen molar-refractivity contribution >= 4 is 44.8 Å². The molecule has 0 radical (unpaired) electrons. The van der Waals surface area contributed by atoms with Gasteiger partial charge in [0.2, 0.25) is 16.0 Å². The van der Waals surface area contributed by atoms with Crippen molar-refractivity contribution in [2.24, 2.45) is 5.14 Å². The molecule has 0 aliphatic carbocycles. The quantitative estimate of drug-likeness (QED) is 0.499. The van der Waals surface area contributed by atoms with E-state index >= 15 is 0 Å². The molecule has 0 saturated carbocycles. The van der Waals surface area contributed by atoms with Gasteiger partial charge in [-0.2, -0.15) is 10.2 Å². The lowest BCUT2D eigenvalue weighted by Gasteiger charge is -2.11. The Morgan fingerprint density at radius 3 is 2.50 bits per heavy atom. The largest absolute Gasteiger partial charge is 0.477 e. The van der Waals surface area contributed by atoms with Crippen LogP contribution in [0.15, 0.2) is 53.6 Å². The van der Waals surface area contributed by atoms with Crippen molar-refractivity contribution in [2.45, 2.75) is 4.90 Å². The van der Waals surface area contributed by atoms with Crippen LogP contribution in [0.2, 0.25) is 5.02 Å². The van der Waals surface area contributed by atoms with Crippen LogP contribution in [0, 0.1) is 17.1 Å². The highest BCUT2D eigenvalue weighted by atomic mass is 35.5. The topological polar surface area (TPSA) is 143 Å². The molecule has 9 nitrogen and oxygen atoms in total. The number of hydrogen-bond donors (Lipinski definition) is 3. The fourth-order valence-electron chi connectivity index (χ4n) is 2.31. The number of nitriles is 1. The van der Waals surface area contributed by atoms with E-state index in [1.165, 1.54) is 36.4 Å². The van der Waals surface area contributed by atoms with Gasteiger partial charge in [-0.15, -0.1) is 0 Å². The molecule has 4 N–H and O–H groups in total.